The molecule has 3 rings (SSSR count). The Balaban J connectivity index is 1.60. The molecule has 2 heteroatoms. The zero-order valence-corrected chi connectivity index (χ0v) is 10.6. The Morgan fingerprint density at radius 3 is 3.06 bits per heavy atom. The van der Waals surface area contributed by atoms with Gasteiger partial charge in [0.15, 0.2) is 0 Å². The predicted octanol–water partition coefficient (Wildman–Crippen LogP) is 3.49. The van der Waals surface area contributed by atoms with Crippen LogP contribution in [0.25, 0.3) is 0 Å². The van der Waals surface area contributed by atoms with Gasteiger partial charge in [-0.15, -0.1) is 0 Å². The first kappa shape index (κ1) is 11.5. The summed E-state index contributed by atoms with van der Waals surface area (Å²) in [7, 11) is 0. The number of rotatable bonds is 4. The van der Waals surface area contributed by atoms with Crippen LogP contribution < -0.4 is 5.32 Å². The van der Waals surface area contributed by atoms with Gasteiger partial charge in [-0.2, -0.15) is 0 Å². The van der Waals surface area contributed by atoms with Gasteiger partial charge >= 0.3 is 0 Å². The Bertz CT molecular complexity index is 490. The summed E-state index contributed by atoms with van der Waals surface area (Å²) < 4.78 is 5.07. The molecule has 1 aromatic carbocycles. The summed E-state index contributed by atoms with van der Waals surface area (Å²) in [4.78, 5) is 0. The number of hydrogen-bond acceptors (Lipinski definition) is 2. The number of fused-ring (bicyclic) bond motifs is 1. The highest BCUT2D eigenvalue weighted by Crippen LogP contribution is 2.30. The molecule has 0 saturated carbocycles. The van der Waals surface area contributed by atoms with Gasteiger partial charge in [-0.1, -0.05) is 24.3 Å². The lowest BCUT2D eigenvalue weighted by atomic mass is 9.83. The van der Waals surface area contributed by atoms with Crippen LogP contribution in [0.4, 0.5) is 0 Å². The first-order valence-corrected chi connectivity index (χ1v) is 6.73. The molecule has 0 radical (unpaired) electrons. The first-order valence-electron chi connectivity index (χ1n) is 6.73. The largest absolute Gasteiger partial charge is 0.472 e. The second-order valence-corrected chi connectivity index (χ2v) is 5.05. The highest BCUT2D eigenvalue weighted by atomic mass is 16.3. The van der Waals surface area contributed by atoms with Crippen LogP contribution in [-0.4, -0.2) is 6.54 Å². The number of furan rings is 1. The fourth-order valence-electron chi connectivity index (χ4n) is 2.85. The van der Waals surface area contributed by atoms with E-state index in [0.717, 1.165) is 13.1 Å². The quantitative estimate of drug-likeness (QED) is 0.886. The van der Waals surface area contributed by atoms with Crippen LogP contribution in [-0.2, 0) is 13.0 Å². The van der Waals surface area contributed by atoms with Crippen LogP contribution in [0.15, 0.2) is 47.3 Å². The number of hydrogen-bond donors (Lipinski definition) is 1. The molecule has 18 heavy (non-hydrogen) atoms. The third-order valence-corrected chi connectivity index (χ3v) is 3.79. The van der Waals surface area contributed by atoms with E-state index in [1.165, 1.54) is 24.8 Å². The lowest BCUT2D eigenvalue weighted by Crippen LogP contribution is -2.23. The number of nitrogens with one attached hydrogen (secondary N) is 1. The summed E-state index contributed by atoms with van der Waals surface area (Å²) in [6.07, 6.45) is 7.40. The molecule has 0 spiro atoms. The van der Waals surface area contributed by atoms with Crippen LogP contribution in [0.5, 0.6) is 0 Å². The van der Waals surface area contributed by atoms with Crippen molar-refractivity contribution < 1.29 is 4.42 Å². The van der Waals surface area contributed by atoms with Crippen LogP contribution in [0.2, 0.25) is 0 Å². The molecule has 0 saturated heterocycles. The van der Waals surface area contributed by atoms with E-state index in [9.17, 15) is 0 Å². The van der Waals surface area contributed by atoms with Crippen molar-refractivity contribution in [2.75, 3.05) is 6.54 Å². The van der Waals surface area contributed by atoms with E-state index in [2.05, 4.69) is 29.6 Å². The van der Waals surface area contributed by atoms with Crippen molar-refractivity contribution >= 4 is 0 Å². The third-order valence-electron chi connectivity index (χ3n) is 3.79. The van der Waals surface area contributed by atoms with Crippen molar-refractivity contribution in [2.45, 2.75) is 31.7 Å². The molecular weight excluding hydrogens is 222 g/mol. The Morgan fingerprint density at radius 1 is 1.22 bits per heavy atom. The van der Waals surface area contributed by atoms with Crippen LogP contribution in [0.3, 0.4) is 0 Å². The molecule has 1 unspecified atom stereocenters. The Kier molecular flexibility index (Phi) is 3.47. The molecule has 0 amide bonds. The summed E-state index contributed by atoms with van der Waals surface area (Å²) in [5.74, 6) is 0.668. The Labute approximate surface area is 108 Å². The standard InChI is InChI=1S/C16H19NO/c1-2-7-16-14(4-1)5-3-6-15(16)11-17-10-13-8-9-18-12-13/h1-2,4,7-9,12,15,17H,3,5-6,10-11H2. The summed E-state index contributed by atoms with van der Waals surface area (Å²) in [6.45, 7) is 1.96. The molecule has 0 aliphatic heterocycles. The molecule has 1 aliphatic carbocycles. The van der Waals surface area contributed by atoms with E-state index in [4.69, 9.17) is 4.42 Å². The second-order valence-electron chi connectivity index (χ2n) is 5.05. The van der Waals surface area contributed by atoms with Crippen LogP contribution >= 0.6 is 0 Å². The van der Waals surface area contributed by atoms with E-state index in [1.807, 2.05) is 12.3 Å². The summed E-state index contributed by atoms with van der Waals surface area (Å²) in [5.41, 5.74) is 4.31. The Morgan fingerprint density at radius 2 is 2.17 bits per heavy atom. The van der Waals surface area contributed by atoms with Crippen molar-refractivity contribution in [3.63, 3.8) is 0 Å². The maximum atomic E-state index is 5.07. The molecule has 1 aliphatic rings. The van der Waals surface area contributed by atoms with Crippen molar-refractivity contribution in [3.8, 4) is 0 Å². The minimum atomic E-state index is 0.668. The van der Waals surface area contributed by atoms with Gasteiger partial charge in [0.1, 0.15) is 0 Å². The SMILES string of the molecule is c1ccc2c(c1)CCCC2CNCc1ccoc1. The molecule has 0 bridgehead atoms. The van der Waals surface area contributed by atoms with Crippen molar-refractivity contribution in [1.82, 2.24) is 5.32 Å². The van der Waals surface area contributed by atoms with Crippen molar-refractivity contribution in [3.05, 3.63) is 59.5 Å². The van der Waals surface area contributed by atoms with Gasteiger partial charge in [-0.3, -0.25) is 0 Å². The van der Waals surface area contributed by atoms with E-state index in [1.54, 1.807) is 17.4 Å². The van der Waals surface area contributed by atoms with Gasteiger partial charge in [-0.25, -0.2) is 0 Å². The third kappa shape index (κ3) is 2.49. The average molecular weight is 241 g/mol. The fourth-order valence-corrected chi connectivity index (χ4v) is 2.85. The molecule has 1 N–H and O–H groups in total. The minimum Gasteiger partial charge on any atom is -0.472 e. The van der Waals surface area contributed by atoms with Gasteiger partial charge < -0.3 is 9.73 Å². The molecule has 1 heterocycles. The van der Waals surface area contributed by atoms with Crippen molar-refractivity contribution in [1.29, 1.82) is 0 Å². The maximum Gasteiger partial charge on any atom is 0.0947 e. The highest BCUT2D eigenvalue weighted by Gasteiger charge is 2.18. The summed E-state index contributed by atoms with van der Waals surface area (Å²) >= 11 is 0. The van der Waals surface area contributed by atoms with E-state index in [-0.39, 0.29) is 0 Å². The molecule has 2 aromatic rings. The Hall–Kier alpha value is -1.54. The van der Waals surface area contributed by atoms with Crippen LogP contribution in [0, 0.1) is 0 Å². The van der Waals surface area contributed by atoms with Crippen LogP contribution in [0.1, 0.15) is 35.4 Å². The zero-order chi connectivity index (χ0) is 12.2. The first-order chi connectivity index (χ1) is 8.93. The monoisotopic (exact) mass is 241 g/mol. The van der Waals surface area contributed by atoms with Gasteiger partial charge in [0, 0.05) is 18.7 Å². The lowest BCUT2D eigenvalue weighted by Gasteiger charge is -2.25. The van der Waals surface area contributed by atoms with Crippen molar-refractivity contribution in [2.24, 2.45) is 0 Å². The molecule has 1 atom stereocenters. The van der Waals surface area contributed by atoms with Gasteiger partial charge in [0.25, 0.3) is 0 Å². The number of benzene rings is 1. The van der Waals surface area contributed by atoms with Gasteiger partial charge in [0.2, 0.25) is 0 Å². The average Bonchev–Trinajstić information content (AvgIpc) is 2.92. The van der Waals surface area contributed by atoms with E-state index < -0.39 is 0 Å². The zero-order valence-electron chi connectivity index (χ0n) is 10.6. The predicted molar refractivity (Wildman–Crippen MR) is 72.5 cm³/mol. The molecule has 2 nitrogen and oxygen atoms in total. The smallest absolute Gasteiger partial charge is 0.0947 e. The molecular formula is C16H19NO. The maximum absolute atomic E-state index is 5.07. The second kappa shape index (κ2) is 5.40. The van der Waals surface area contributed by atoms with Gasteiger partial charge in [-0.05, 0) is 42.4 Å². The minimum absolute atomic E-state index is 0.668. The van der Waals surface area contributed by atoms with E-state index >= 15 is 0 Å². The molecule has 94 valence electrons. The summed E-state index contributed by atoms with van der Waals surface area (Å²) in [5, 5.41) is 3.54. The fraction of sp³-hybridized carbons (Fsp3) is 0.375. The van der Waals surface area contributed by atoms with E-state index in [0.29, 0.717) is 5.92 Å². The highest BCUT2D eigenvalue weighted by molar-refractivity contribution is 5.32. The molecule has 0 fully saturated rings. The molecule has 1 aromatic heterocycles. The number of aryl methyl sites for hydroxylation is 1. The normalized spacial score (nSPS) is 18.6. The summed E-state index contributed by atoms with van der Waals surface area (Å²) in [6, 6.07) is 10.9. The lowest BCUT2D eigenvalue weighted by molar-refractivity contribution is 0.504. The van der Waals surface area contributed by atoms with Gasteiger partial charge in [0.05, 0.1) is 12.5 Å². The topological polar surface area (TPSA) is 25.2 Å².